The standard InChI is InChI=1S/C9H21NO/c1-7(2)9(4)10(5)6-8(3)11/h7-9,11H,6H2,1-5H3. The second-order valence-electron chi connectivity index (χ2n) is 3.77. The fourth-order valence-electron chi connectivity index (χ4n) is 1.09. The van der Waals surface area contributed by atoms with Gasteiger partial charge in [0.1, 0.15) is 0 Å². The molecule has 68 valence electrons. The van der Waals surface area contributed by atoms with E-state index in [0.29, 0.717) is 12.0 Å². The minimum Gasteiger partial charge on any atom is -0.392 e. The molecule has 2 atom stereocenters. The Morgan fingerprint density at radius 1 is 1.18 bits per heavy atom. The molecule has 0 aromatic rings. The van der Waals surface area contributed by atoms with Crippen LogP contribution in [-0.4, -0.2) is 35.7 Å². The smallest absolute Gasteiger partial charge is 0.0639 e. The summed E-state index contributed by atoms with van der Waals surface area (Å²) in [7, 11) is 2.05. The van der Waals surface area contributed by atoms with Crippen molar-refractivity contribution < 1.29 is 5.11 Å². The van der Waals surface area contributed by atoms with E-state index >= 15 is 0 Å². The third-order valence-corrected chi connectivity index (χ3v) is 2.21. The zero-order valence-corrected chi connectivity index (χ0v) is 8.33. The summed E-state index contributed by atoms with van der Waals surface area (Å²) in [5, 5.41) is 9.11. The van der Waals surface area contributed by atoms with E-state index in [1.165, 1.54) is 0 Å². The van der Waals surface area contributed by atoms with Gasteiger partial charge in [-0.1, -0.05) is 13.8 Å². The van der Waals surface area contributed by atoms with Crippen molar-refractivity contribution in [3.63, 3.8) is 0 Å². The highest BCUT2D eigenvalue weighted by Gasteiger charge is 2.13. The summed E-state index contributed by atoms with van der Waals surface area (Å²) in [6.45, 7) is 9.17. The maximum absolute atomic E-state index is 9.11. The van der Waals surface area contributed by atoms with Gasteiger partial charge in [0.2, 0.25) is 0 Å². The van der Waals surface area contributed by atoms with Gasteiger partial charge in [0, 0.05) is 12.6 Å². The van der Waals surface area contributed by atoms with E-state index in [1.54, 1.807) is 0 Å². The third kappa shape index (κ3) is 4.38. The first kappa shape index (κ1) is 10.9. The average Bonchev–Trinajstić information content (AvgIpc) is 1.84. The van der Waals surface area contributed by atoms with Crippen molar-refractivity contribution in [2.45, 2.75) is 39.8 Å². The van der Waals surface area contributed by atoms with Crippen LogP contribution in [0.1, 0.15) is 27.7 Å². The SMILES string of the molecule is CC(O)CN(C)C(C)C(C)C. The van der Waals surface area contributed by atoms with Crippen LogP contribution in [0, 0.1) is 5.92 Å². The van der Waals surface area contributed by atoms with Crippen LogP contribution in [0.5, 0.6) is 0 Å². The molecular weight excluding hydrogens is 138 g/mol. The number of likely N-dealkylation sites (N-methyl/N-ethyl adjacent to an activating group) is 1. The van der Waals surface area contributed by atoms with Crippen molar-refractivity contribution in [1.29, 1.82) is 0 Å². The second-order valence-corrected chi connectivity index (χ2v) is 3.77. The van der Waals surface area contributed by atoms with Gasteiger partial charge < -0.3 is 10.0 Å². The zero-order valence-electron chi connectivity index (χ0n) is 8.33. The van der Waals surface area contributed by atoms with E-state index in [9.17, 15) is 0 Å². The zero-order chi connectivity index (χ0) is 9.02. The molecule has 0 aliphatic heterocycles. The first-order valence-corrected chi connectivity index (χ1v) is 4.33. The van der Waals surface area contributed by atoms with Crippen LogP contribution in [0.25, 0.3) is 0 Å². The molecule has 0 aliphatic rings. The first-order valence-electron chi connectivity index (χ1n) is 4.33. The van der Waals surface area contributed by atoms with Crippen molar-refractivity contribution >= 4 is 0 Å². The molecule has 0 rings (SSSR count). The van der Waals surface area contributed by atoms with Crippen LogP contribution in [0.15, 0.2) is 0 Å². The molecule has 0 heterocycles. The van der Waals surface area contributed by atoms with Gasteiger partial charge in [-0.3, -0.25) is 0 Å². The molecule has 0 bridgehead atoms. The van der Waals surface area contributed by atoms with Crippen molar-refractivity contribution in [3.8, 4) is 0 Å². The number of rotatable bonds is 4. The Morgan fingerprint density at radius 3 is 1.91 bits per heavy atom. The molecule has 0 aromatic carbocycles. The van der Waals surface area contributed by atoms with Crippen molar-refractivity contribution in [2.24, 2.45) is 5.92 Å². The summed E-state index contributed by atoms with van der Waals surface area (Å²) >= 11 is 0. The molecule has 2 unspecified atom stereocenters. The summed E-state index contributed by atoms with van der Waals surface area (Å²) in [4.78, 5) is 2.19. The molecule has 11 heavy (non-hydrogen) atoms. The van der Waals surface area contributed by atoms with Crippen molar-refractivity contribution in [3.05, 3.63) is 0 Å². The molecule has 0 saturated heterocycles. The Hall–Kier alpha value is -0.0800. The van der Waals surface area contributed by atoms with Gasteiger partial charge in [0.05, 0.1) is 6.10 Å². The quantitative estimate of drug-likeness (QED) is 0.669. The van der Waals surface area contributed by atoms with Crippen LogP contribution < -0.4 is 0 Å². The lowest BCUT2D eigenvalue weighted by Crippen LogP contribution is -2.37. The molecule has 0 fully saturated rings. The van der Waals surface area contributed by atoms with Crippen LogP contribution in [0.2, 0.25) is 0 Å². The fourth-order valence-corrected chi connectivity index (χ4v) is 1.09. The number of hydrogen-bond acceptors (Lipinski definition) is 2. The Morgan fingerprint density at radius 2 is 1.64 bits per heavy atom. The molecule has 0 aromatic heterocycles. The van der Waals surface area contributed by atoms with Gasteiger partial charge in [0.25, 0.3) is 0 Å². The number of aliphatic hydroxyl groups is 1. The number of nitrogens with zero attached hydrogens (tertiary/aromatic N) is 1. The maximum atomic E-state index is 9.11. The van der Waals surface area contributed by atoms with E-state index in [4.69, 9.17) is 5.11 Å². The number of hydrogen-bond donors (Lipinski definition) is 1. The second kappa shape index (κ2) is 4.73. The molecule has 0 aliphatic carbocycles. The Bertz CT molecular complexity index is 102. The predicted molar refractivity (Wildman–Crippen MR) is 48.6 cm³/mol. The minimum atomic E-state index is -0.221. The van der Waals surface area contributed by atoms with E-state index in [0.717, 1.165) is 6.54 Å². The van der Waals surface area contributed by atoms with E-state index in [-0.39, 0.29) is 6.10 Å². The largest absolute Gasteiger partial charge is 0.392 e. The molecule has 0 saturated carbocycles. The summed E-state index contributed by atoms with van der Waals surface area (Å²) < 4.78 is 0. The van der Waals surface area contributed by atoms with Crippen LogP contribution in [0.3, 0.4) is 0 Å². The summed E-state index contributed by atoms with van der Waals surface area (Å²) in [6, 6.07) is 0.546. The lowest BCUT2D eigenvalue weighted by Gasteiger charge is -2.28. The molecule has 0 amide bonds. The number of aliphatic hydroxyl groups excluding tert-OH is 1. The van der Waals surface area contributed by atoms with E-state index < -0.39 is 0 Å². The van der Waals surface area contributed by atoms with Crippen LogP contribution >= 0.6 is 0 Å². The maximum Gasteiger partial charge on any atom is 0.0639 e. The fraction of sp³-hybridized carbons (Fsp3) is 1.00. The van der Waals surface area contributed by atoms with E-state index in [2.05, 4.69) is 32.7 Å². The Kier molecular flexibility index (Phi) is 4.69. The van der Waals surface area contributed by atoms with Gasteiger partial charge in [0.15, 0.2) is 0 Å². The normalized spacial score (nSPS) is 17.5. The molecular formula is C9H21NO. The highest BCUT2D eigenvalue weighted by atomic mass is 16.3. The lowest BCUT2D eigenvalue weighted by atomic mass is 10.1. The molecule has 0 radical (unpaired) electrons. The van der Waals surface area contributed by atoms with Crippen LogP contribution in [0.4, 0.5) is 0 Å². The summed E-state index contributed by atoms with van der Waals surface area (Å²) in [6.07, 6.45) is -0.221. The molecule has 2 heteroatoms. The first-order chi connectivity index (χ1) is 4.95. The highest BCUT2D eigenvalue weighted by molar-refractivity contribution is 4.68. The van der Waals surface area contributed by atoms with Gasteiger partial charge in [-0.05, 0) is 26.8 Å². The van der Waals surface area contributed by atoms with Crippen LogP contribution in [-0.2, 0) is 0 Å². The summed E-state index contributed by atoms with van der Waals surface area (Å²) in [5.74, 6) is 0.652. The molecule has 1 N–H and O–H groups in total. The molecule has 0 spiro atoms. The summed E-state index contributed by atoms with van der Waals surface area (Å²) in [5.41, 5.74) is 0. The van der Waals surface area contributed by atoms with Gasteiger partial charge in [-0.25, -0.2) is 0 Å². The Labute approximate surface area is 70.2 Å². The minimum absolute atomic E-state index is 0.221. The monoisotopic (exact) mass is 159 g/mol. The van der Waals surface area contributed by atoms with Gasteiger partial charge in [-0.2, -0.15) is 0 Å². The van der Waals surface area contributed by atoms with Gasteiger partial charge in [-0.15, -0.1) is 0 Å². The lowest BCUT2D eigenvalue weighted by molar-refractivity contribution is 0.107. The third-order valence-electron chi connectivity index (χ3n) is 2.21. The topological polar surface area (TPSA) is 23.5 Å². The van der Waals surface area contributed by atoms with E-state index in [1.807, 2.05) is 6.92 Å². The van der Waals surface area contributed by atoms with Crippen molar-refractivity contribution in [1.82, 2.24) is 4.90 Å². The van der Waals surface area contributed by atoms with Gasteiger partial charge >= 0.3 is 0 Å². The highest BCUT2D eigenvalue weighted by Crippen LogP contribution is 2.07. The molecule has 2 nitrogen and oxygen atoms in total. The Balaban J connectivity index is 3.73. The average molecular weight is 159 g/mol. The van der Waals surface area contributed by atoms with Crippen molar-refractivity contribution in [2.75, 3.05) is 13.6 Å². The predicted octanol–water partition coefficient (Wildman–Crippen LogP) is 1.34.